The van der Waals surface area contributed by atoms with Crippen molar-refractivity contribution in [3.8, 4) is 0 Å². The van der Waals surface area contributed by atoms with Gasteiger partial charge >= 0.3 is 0 Å². The monoisotopic (exact) mass is 81.0 g/mol. The van der Waals surface area contributed by atoms with Gasteiger partial charge in [-0.15, -0.1) is 0 Å². The zero-order valence-corrected chi connectivity index (χ0v) is 3.06. The summed E-state index contributed by atoms with van der Waals surface area (Å²) in [5.41, 5.74) is -0.157. The van der Waals surface area contributed by atoms with Gasteiger partial charge in [0.05, 0.1) is 0 Å². The van der Waals surface area contributed by atoms with Crippen molar-refractivity contribution in [1.29, 1.82) is 5.41 Å². The summed E-state index contributed by atoms with van der Waals surface area (Å²) in [4.78, 5) is 9.92. The van der Waals surface area contributed by atoms with E-state index in [0.29, 0.717) is 0 Å². The van der Waals surface area contributed by atoms with Crippen LogP contribution in [-0.4, -0.2) is 0 Å². The van der Waals surface area contributed by atoms with E-state index in [1.165, 1.54) is 12.1 Å². The van der Waals surface area contributed by atoms with Crippen molar-refractivity contribution in [2.45, 2.75) is 0 Å². The highest BCUT2D eigenvalue weighted by atomic mass is 16.1. The maximum atomic E-state index is 9.92. The van der Waals surface area contributed by atoms with Gasteiger partial charge in [-0.3, -0.25) is 10.2 Å². The van der Waals surface area contributed by atoms with Crippen molar-refractivity contribution in [1.82, 2.24) is 0 Å². The van der Waals surface area contributed by atoms with Crippen molar-refractivity contribution in [3.05, 3.63) is 27.7 Å². The third-order valence-corrected chi connectivity index (χ3v) is 0.667. The van der Waals surface area contributed by atoms with Gasteiger partial charge in [0.25, 0.3) is 0 Å². The first-order valence-corrected chi connectivity index (χ1v) is 1.61. The SMILES string of the molecule is N=c1ccc1=O. The fourth-order valence-electron chi connectivity index (χ4n) is 0.235. The van der Waals surface area contributed by atoms with Crippen LogP contribution in [0.15, 0.2) is 16.9 Å². The summed E-state index contributed by atoms with van der Waals surface area (Å²) in [5.74, 6) is 0. The lowest BCUT2D eigenvalue weighted by Crippen LogP contribution is -2.26. The topological polar surface area (TPSA) is 40.9 Å². The van der Waals surface area contributed by atoms with Crippen molar-refractivity contribution in [2.24, 2.45) is 0 Å². The van der Waals surface area contributed by atoms with E-state index < -0.39 is 0 Å². The Kier molecular flexibility index (Phi) is 0.422. The average Bonchev–Trinajstić information content (AvgIpc) is 1.61. The lowest BCUT2D eigenvalue weighted by atomic mass is 10.3. The average molecular weight is 81.1 g/mol. The Morgan fingerprint density at radius 1 is 1.50 bits per heavy atom. The van der Waals surface area contributed by atoms with Gasteiger partial charge in [0, 0.05) is 0 Å². The van der Waals surface area contributed by atoms with Crippen LogP contribution < -0.4 is 10.8 Å². The molecule has 6 heavy (non-hydrogen) atoms. The molecule has 0 atom stereocenters. The lowest BCUT2D eigenvalue weighted by Gasteiger charge is -1.74. The van der Waals surface area contributed by atoms with E-state index in [4.69, 9.17) is 5.41 Å². The van der Waals surface area contributed by atoms with Crippen LogP contribution in [-0.2, 0) is 0 Å². The van der Waals surface area contributed by atoms with Gasteiger partial charge in [0.1, 0.15) is 5.36 Å². The second kappa shape index (κ2) is 0.772. The number of rotatable bonds is 0. The van der Waals surface area contributed by atoms with Crippen LogP contribution in [0, 0.1) is 5.41 Å². The molecule has 30 valence electrons. The van der Waals surface area contributed by atoms with Gasteiger partial charge in [-0.1, -0.05) is 0 Å². The van der Waals surface area contributed by atoms with E-state index in [1.807, 2.05) is 0 Å². The lowest BCUT2D eigenvalue weighted by molar-refractivity contribution is 1.20. The van der Waals surface area contributed by atoms with E-state index in [1.54, 1.807) is 0 Å². The van der Waals surface area contributed by atoms with Gasteiger partial charge < -0.3 is 0 Å². The van der Waals surface area contributed by atoms with Crippen LogP contribution in [0.25, 0.3) is 0 Å². The van der Waals surface area contributed by atoms with Crippen molar-refractivity contribution >= 4 is 0 Å². The summed E-state index contributed by atoms with van der Waals surface area (Å²) >= 11 is 0. The molecule has 0 fully saturated rings. The highest BCUT2D eigenvalue weighted by Crippen LogP contribution is 1.54. The molecule has 0 amide bonds. The summed E-state index contributed by atoms with van der Waals surface area (Å²) in [6.07, 6.45) is 0. The van der Waals surface area contributed by atoms with Crippen LogP contribution in [0.1, 0.15) is 0 Å². The zero-order valence-electron chi connectivity index (χ0n) is 3.06. The summed E-state index contributed by atoms with van der Waals surface area (Å²) in [5, 5.41) is 6.72. The van der Waals surface area contributed by atoms with E-state index in [0.717, 1.165) is 0 Å². The molecule has 2 heteroatoms. The molecule has 1 N–H and O–H groups in total. The van der Waals surface area contributed by atoms with Gasteiger partial charge in [-0.2, -0.15) is 0 Å². The Hall–Kier alpha value is -0.920. The van der Waals surface area contributed by atoms with E-state index in [2.05, 4.69) is 0 Å². The first-order chi connectivity index (χ1) is 2.80. The number of nitrogens with one attached hydrogen (secondary N) is 1. The molecule has 0 heterocycles. The Morgan fingerprint density at radius 3 is 2.00 bits per heavy atom. The van der Waals surface area contributed by atoms with E-state index >= 15 is 0 Å². The first kappa shape index (κ1) is 3.28. The third-order valence-electron chi connectivity index (χ3n) is 0.667. The minimum absolute atomic E-state index is 0.120. The predicted molar refractivity (Wildman–Crippen MR) is 20.9 cm³/mol. The van der Waals surface area contributed by atoms with Gasteiger partial charge in [0.2, 0.25) is 5.43 Å². The fraction of sp³-hybridized carbons (Fsp3) is 0. The van der Waals surface area contributed by atoms with Gasteiger partial charge in [-0.25, -0.2) is 0 Å². The quantitative estimate of drug-likeness (QED) is 0.445. The van der Waals surface area contributed by atoms with Crippen molar-refractivity contribution in [2.75, 3.05) is 0 Å². The second-order valence-corrected chi connectivity index (χ2v) is 1.11. The molecule has 1 rings (SSSR count). The predicted octanol–water partition coefficient (Wildman–Crippen LogP) is -0.598. The van der Waals surface area contributed by atoms with Gasteiger partial charge in [0.15, 0.2) is 0 Å². The summed E-state index contributed by atoms with van der Waals surface area (Å²) in [6.45, 7) is 0. The maximum Gasteiger partial charge on any atom is 0.203 e. The number of hydrogen-bond donors (Lipinski definition) is 1. The minimum Gasteiger partial charge on any atom is -0.297 e. The Morgan fingerprint density at radius 2 is 2.00 bits per heavy atom. The maximum absolute atomic E-state index is 9.92. The van der Waals surface area contributed by atoms with Crippen LogP contribution in [0.4, 0.5) is 0 Å². The largest absolute Gasteiger partial charge is 0.297 e. The van der Waals surface area contributed by atoms with Crippen LogP contribution in [0.3, 0.4) is 0 Å². The summed E-state index contributed by atoms with van der Waals surface area (Å²) < 4.78 is 0. The smallest absolute Gasteiger partial charge is 0.203 e. The first-order valence-electron chi connectivity index (χ1n) is 1.61. The van der Waals surface area contributed by atoms with Crippen molar-refractivity contribution in [3.63, 3.8) is 0 Å². The van der Waals surface area contributed by atoms with Gasteiger partial charge in [-0.05, 0) is 12.1 Å². The third kappa shape index (κ3) is 0.204. The molecule has 0 aliphatic rings. The Labute approximate surface area is 34.3 Å². The normalized spacial score (nSPS) is 9.33. The molecular weight excluding hydrogens is 78.0 g/mol. The fourth-order valence-corrected chi connectivity index (χ4v) is 0.235. The molecule has 1 aromatic rings. The summed E-state index contributed by atoms with van der Waals surface area (Å²) in [7, 11) is 0. The molecule has 0 unspecified atom stereocenters. The van der Waals surface area contributed by atoms with Crippen LogP contribution in [0.5, 0.6) is 0 Å². The van der Waals surface area contributed by atoms with Crippen molar-refractivity contribution < 1.29 is 0 Å². The molecule has 0 aliphatic carbocycles. The molecular formula is C4H3NO. The molecule has 0 aromatic heterocycles. The molecule has 2 nitrogen and oxygen atoms in total. The molecule has 1 aromatic carbocycles. The highest BCUT2D eigenvalue weighted by molar-refractivity contribution is 4.98. The molecule has 0 radical (unpaired) electrons. The molecule has 0 saturated heterocycles. The Balaban J connectivity index is 3.58. The van der Waals surface area contributed by atoms with Crippen LogP contribution in [0.2, 0.25) is 0 Å². The molecule has 0 bridgehead atoms. The minimum atomic E-state index is -0.157. The van der Waals surface area contributed by atoms with Crippen LogP contribution >= 0.6 is 0 Å². The van der Waals surface area contributed by atoms with E-state index in [-0.39, 0.29) is 10.8 Å². The Bertz CT molecular complexity index is 182. The van der Waals surface area contributed by atoms with E-state index in [9.17, 15) is 4.79 Å². The second-order valence-electron chi connectivity index (χ2n) is 1.11. The number of hydrogen-bond acceptors (Lipinski definition) is 2. The summed E-state index contributed by atoms with van der Waals surface area (Å²) in [6, 6.07) is 2.85. The standard InChI is InChI=1S/C4H3NO/c5-3-1-2-4(3)6/h1-2,5H. The highest BCUT2D eigenvalue weighted by Gasteiger charge is 1.84. The molecule has 0 saturated carbocycles. The molecule has 0 spiro atoms. The zero-order chi connectivity index (χ0) is 4.57. The molecule has 0 aliphatic heterocycles.